The monoisotopic (exact) mass is 843 g/mol. The maximum absolute atomic E-state index is 14.8. The van der Waals surface area contributed by atoms with E-state index in [0.29, 0.717) is 104 Å². The minimum Gasteiger partial charge on any atom is -0.469 e. The zero-order valence-corrected chi connectivity index (χ0v) is 38.6. The first-order valence-electron chi connectivity index (χ1n) is 24.4. The summed E-state index contributed by atoms with van der Waals surface area (Å²) in [6.45, 7) is 15.9. The maximum Gasteiger partial charge on any atom is 0.305 e. The molecule has 60 heavy (non-hydrogen) atoms. The van der Waals surface area contributed by atoms with E-state index in [2.05, 4.69) is 41.5 Å². The predicted octanol–water partition coefficient (Wildman–Crippen LogP) is 10.7. The van der Waals surface area contributed by atoms with Crippen LogP contribution in [0.2, 0.25) is 0 Å². The lowest BCUT2D eigenvalue weighted by Gasteiger charge is -2.60. The fraction of sp³-hybridized carbons (Fsp3) is 0.922. The van der Waals surface area contributed by atoms with Gasteiger partial charge in [0, 0.05) is 37.5 Å². The summed E-state index contributed by atoms with van der Waals surface area (Å²) in [6, 6.07) is 0. The van der Waals surface area contributed by atoms with Gasteiger partial charge in [0.1, 0.15) is 23.9 Å². The molecule has 7 nitrogen and oxygen atoms in total. The van der Waals surface area contributed by atoms with Gasteiger partial charge in [0.2, 0.25) is 0 Å². The van der Waals surface area contributed by atoms with Crippen molar-refractivity contribution in [2.24, 2.45) is 98.6 Å². The van der Waals surface area contributed by atoms with E-state index < -0.39 is 18.4 Å². The molecule has 0 saturated heterocycles. The second-order valence-corrected chi connectivity index (χ2v) is 23.3. The number of esters is 2. The first-order valence-corrected chi connectivity index (χ1v) is 24.4. The molecular formula is C51H80F2O7. The molecule has 0 amide bonds. The molecule has 8 aliphatic rings. The van der Waals surface area contributed by atoms with E-state index >= 15 is 0 Å². The Morgan fingerprint density at radius 2 is 1.05 bits per heavy atom. The molecular weight excluding hydrogens is 763 g/mol. The minimum atomic E-state index is -1.16. The Bertz CT molecular complexity index is 1500. The van der Waals surface area contributed by atoms with Crippen LogP contribution in [0.5, 0.6) is 0 Å². The first-order chi connectivity index (χ1) is 28.2. The summed E-state index contributed by atoms with van der Waals surface area (Å²) in [5.41, 5.74) is 0.110. The summed E-state index contributed by atoms with van der Waals surface area (Å²) in [6.07, 6.45) is 12.1. The topological polar surface area (TPSA) is 107 Å². The van der Waals surface area contributed by atoms with E-state index in [9.17, 15) is 33.1 Å². The number of halogens is 2. The van der Waals surface area contributed by atoms with Crippen molar-refractivity contribution in [3.63, 3.8) is 0 Å². The molecule has 20 atom stereocenters. The fourth-order valence-corrected chi connectivity index (χ4v) is 17.3. The number of ether oxygens (including phenoxy) is 2. The average molecular weight is 843 g/mol. The Balaban J connectivity index is 0.000000181. The molecule has 0 aromatic heterocycles. The van der Waals surface area contributed by atoms with Gasteiger partial charge in [0.05, 0.1) is 20.3 Å². The van der Waals surface area contributed by atoms with Crippen LogP contribution < -0.4 is 0 Å². The second kappa shape index (κ2) is 17.2. The number of carbonyl (C=O) groups excluding carboxylic acids is 4. The van der Waals surface area contributed by atoms with Gasteiger partial charge >= 0.3 is 11.9 Å². The van der Waals surface area contributed by atoms with E-state index in [1.807, 2.05) is 6.92 Å². The van der Waals surface area contributed by atoms with Crippen molar-refractivity contribution in [3.05, 3.63) is 0 Å². The molecule has 340 valence electrons. The number of aliphatic hydroxyl groups is 1. The quantitative estimate of drug-likeness (QED) is 0.243. The molecule has 8 aliphatic carbocycles. The number of ketones is 2. The average Bonchev–Trinajstić information content (AvgIpc) is 3.75. The van der Waals surface area contributed by atoms with Crippen LogP contribution in [0.15, 0.2) is 0 Å². The van der Waals surface area contributed by atoms with E-state index in [1.165, 1.54) is 14.2 Å². The number of alkyl halides is 2. The Morgan fingerprint density at radius 3 is 1.48 bits per heavy atom. The van der Waals surface area contributed by atoms with Gasteiger partial charge < -0.3 is 14.6 Å². The van der Waals surface area contributed by atoms with Crippen molar-refractivity contribution < 1.29 is 42.5 Å². The summed E-state index contributed by atoms with van der Waals surface area (Å²) in [4.78, 5) is 50.1. The number of carbonyl (C=O) groups is 4. The molecule has 0 spiro atoms. The van der Waals surface area contributed by atoms with E-state index in [0.717, 1.165) is 70.6 Å². The summed E-state index contributed by atoms with van der Waals surface area (Å²) in [5, 5.41) is 10.1. The van der Waals surface area contributed by atoms with Crippen LogP contribution >= 0.6 is 0 Å². The molecule has 0 radical (unpaired) electrons. The van der Waals surface area contributed by atoms with Crippen LogP contribution in [0.3, 0.4) is 0 Å². The van der Waals surface area contributed by atoms with Crippen molar-refractivity contribution in [2.45, 2.75) is 182 Å². The molecule has 0 bridgehead atoms. The standard InChI is InChI=1S/C26H41FO3.C25H39FO4/c1-15(6-9-23(29)30-5)18-7-8-19-24-20(10-11-25(18,19)3)26(4)14-21(27)16(2)12-17(26)13-22(24)28;1-14(5-8-22(29)30-4)16-6-7-17-23-18(9-10-24(16,17)2)25(3)13-19(26)20(27)11-15(25)12-21(23)28/h15-21,24H,6-14H2,1-5H3;14-20,23,27H,5-13H2,1-4H3/t15-,16+,17+,18-,19?,20?,21-,24?,25-,26+;14-,15+,16-,17?,18?,19-,20-,23?,24-,25+/m11/s1. The predicted molar refractivity (Wildman–Crippen MR) is 228 cm³/mol. The highest BCUT2D eigenvalue weighted by Gasteiger charge is 2.65. The van der Waals surface area contributed by atoms with Crippen LogP contribution in [-0.2, 0) is 28.7 Å². The smallest absolute Gasteiger partial charge is 0.305 e. The molecule has 9 heteroatoms. The third-order valence-electron chi connectivity index (χ3n) is 20.8. The van der Waals surface area contributed by atoms with Crippen molar-refractivity contribution in [2.75, 3.05) is 14.2 Å². The normalized spacial score (nSPS) is 49.0. The van der Waals surface area contributed by atoms with Crippen molar-refractivity contribution >= 4 is 23.5 Å². The van der Waals surface area contributed by atoms with Gasteiger partial charge in [0.15, 0.2) is 0 Å². The van der Waals surface area contributed by atoms with Crippen LogP contribution in [0.4, 0.5) is 8.78 Å². The number of hydrogen-bond acceptors (Lipinski definition) is 7. The van der Waals surface area contributed by atoms with E-state index in [1.54, 1.807) is 0 Å². The summed E-state index contributed by atoms with van der Waals surface area (Å²) < 4.78 is 39.1. The Morgan fingerprint density at radius 1 is 0.650 bits per heavy atom. The van der Waals surface area contributed by atoms with Crippen LogP contribution in [0, 0.1) is 98.6 Å². The highest BCUT2D eigenvalue weighted by Crippen LogP contribution is 2.70. The molecule has 8 saturated carbocycles. The minimum absolute atomic E-state index is 0.0135. The third kappa shape index (κ3) is 7.77. The highest BCUT2D eigenvalue weighted by atomic mass is 19.1. The number of fused-ring (bicyclic) bond motifs is 10. The van der Waals surface area contributed by atoms with Gasteiger partial charge in [-0.25, -0.2) is 8.78 Å². The largest absolute Gasteiger partial charge is 0.469 e. The highest BCUT2D eigenvalue weighted by molar-refractivity contribution is 5.84. The van der Waals surface area contributed by atoms with Crippen molar-refractivity contribution in [1.82, 2.24) is 0 Å². The van der Waals surface area contributed by atoms with Gasteiger partial charge in [-0.3, -0.25) is 19.2 Å². The maximum atomic E-state index is 14.8. The SMILES string of the molecule is COC(=O)CC[C@@H](C)[C@H]1CCC2C3C(=O)C[C@@H]4C[C@@H](O)[C@H](F)C[C@]4(C)C3CC[C@@]21C.COC(=O)CC[C@@H](C)[C@H]1CCC2C3C(=O)C[C@@H]4C[C@H](C)[C@H](F)C[C@]4(C)C3CC[C@@]21C. The zero-order valence-electron chi connectivity index (χ0n) is 38.6. The van der Waals surface area contributed by atoms with Crippen LogP contribution in [0.25, 0.3) is 0 Å². The second-order valence-electron chi connectivity index (χ2n) is 23.3. The molecule has 1 N–H and O–H groups in total. The van der Waals surface area contributed by atoms with Gasteiger partial charge in [-0.15, -0.1) is 0 Å². The van der Waals surface area contributed by atoms with Gasteiger partial charge in [-0.1, -0.05) is 48.5 Å². The number of rotatable bonds is 8. The van der Waals surface area contributed by atoms with Crippen LogP contribution in [-0.4, -0.2) is 61.3 Å². The Hall–Kier alpha value is -1.90. The number of methoxy groups -OCH3 is 2. The molecule has 0 aromatic rings. The summed E-state index contributed by atoms with van der Waals surface area (Å²) >= 11 is 0. The van der Waals surface area contributed by atoms with Gasteiger partial charge in [-0.2, -0.15) is 0 Å². The number of aliphatic hydroxyl groups excluding tert-OH is 1. The molecule has 0 aromatic carbocycles. The number of hydrogen-bond donors (Lipinski definition) is 1. The Labute approximate surface area is 360 Å². The van der Waals surface area contributed by atoms with Crippen molar-refractivity contribution in [3.8, 4) is 0 Å². The third-order valence-corrected chi connectivity index (χ3v) is 20.8. The lowest BCUT2D eigenvalue weighted by atomic mass is 9.43. The summed E-state index contributed by atoms with van der Waals surface area (Å²) in [7, 11) is 2.90. The summed E-state index contributed by atoms with van der Waals surface area (Å²) in [5.74, 6) is 4.71. The lowest BCUT2D eigenvalue weighted by Crippen LogP contribution is -2.59. The molecule has 8 fully saturated rings. The van der Waals surface area contributed by atoms with E-state index in [-0.39, 0.29) is 63.2 Å². The first kappa shape index (κ1) is 46.1. The van der Waals surface area contributed by atoms with Crippen LogP contribution in [0.1, 0.15) is 164 Å². The Kier molecular flexibility index (Phi) is 13.2. The zero-order chi connectivity index (χ0) is 43.7. The van der Waals surface area contributed by atoms with Gasteiger partial charge in [0.25, 0.3) is 0 Å². The number of Topliss-reactive ketones (excluding diaryl/α,β-unsaturated/α-hetero) is 2. The van der Waals surface area contributed by atoms with Crippen molar-refractivity contribution in [1.29, 1.82) is 0 Å². The molecule has 6 unspecified atom stereocenters. The molecule has 0 aliphatic heterocycles. The molecule has 8 rings (SSSR count). The van der Waals surface area contributed by atoms with E-state index in [4.69, 9.17) is 9.47 Å². The van der Waals surface area contributed by atoms with Gasteiger partial charge in [-0.05, 0) is 177 Å². The lowest BCUT2D eigenvalue weighted by molar-refractivity contribution is -0.167. The molecule has 0 heterocycles. The fourth-order valence-electron chi connectivity index (χ4n) is 17.3.